The summed E-state index contributed by atoms with van der Waals surface area (Å²) in [5.41, 5.74) is 1.35. The quantitative estimate of drug-likeness (QED) is 0.843. The fourth-order valence-corrected chi connectivity index (χ4v) is 3.95. The molecule has 1 aromatic rings. The maximum absolute atomic E-state index is 12.5. The second-order valence-electron chi connectivity index (χ2n) is 7.30. The van der Waals surface area contributed by atoms with Crippen LogP contribution in [0, 0.1) is 19.8 Å². The van der Waals surface area contributed by atoms with Crippen LogP contribution < -0.4 is 5.32 Å². The second kappa shape index (κ2) is 7.47. The average molecular weight is 322 g/mol. The van der Waals surface area contributed by atoms with E-state index in [9.17, 15) is 9.90 Å². The van der Waals surface area contributed by atoms with Crippen molar-refractivity contribution < 1.29 is 14.4 Å². The number of aliphatic hydroxyl groups excluding tert-OH is 1. The molecule has 5 heteroatoms. The minimum absolute atomic E-state index is 0.0108. The van der Waals surface area contributed by atoms with E-state index in [1.165, 1.54) is 19.3 Å². The van der Waals surface area contributed by atoms with Crippen LogP contribution in [0.2, 0.25) is 0 Å². The van der Waals surface area contributed by atoms with Crippen LogP contribution in [0.3, 0.4) is 0 Å². The molecule has 1 aliphatic carbocycles. The molecule has 1 aromatic heterocycles. The van der Waals surface area contributed by atoms with Gasteiger partial charge in [-0.15, -0.1) is 0 Å². The maximum Gasteiger partial charge on any atom is 0.221 e. The molecule has 0 bridgehead atoms. The summed E-state index contributed by atoms with van der Waals surface area (Å²) in [7, 11) is 0. The third kappa shape index (κ3) is 4.14. The number of aryl methyl sites for hydroxylation is 2. The van der Waals surface area contributed by atoms with E-state index in [0.717, 1.165) is 29.9 Å². The fourth-order valence-electron chi connectivity index (χ4n) is 3.95. The number of nitrogens with zero attached hydrogens (tertiary/aromatic N) is 1. The highest BCUT2D eigenvalue weighted by Gasteiger charge is 2.36. The first-order valence-electron chi connectivity index (χ1n) is 8.72. The highest BCUT2D eigenvalue weighted by molar-refractivity contribution is 5.77. The molecule has 1 aliphatic rings. The minimum Gasteiger partial charge on any atom is -0.394 e. The molecule has 0 spiro atoms. The monoisotopic (exact) mass is 322 g/mol. The second-order valence-corrected chi connectivity index (χ2v) is 7.30. The van der Waals surface area contributed by atoms with Crippen LogP contribution in [-0.2, 0) is 4.79 Å². The largest absolute Gasteiger partial charge is 0.394 e. The van der Waals surface area contributed by atoms with Gasteiger partial charge in [-0.3, -0.25) is 4.79 Å². The van der Waals surface area contributed by atoms with Crippen molar-refractivity contribution in [3.05, 3.63) is 17.0 Å². The van der Waals surface area contributed by atoms with Gasteiger partial charge < -0.3 is 14.9 Å². The third-order valence-electron chi connectivity index (χ3n) is 5.33. The lowest BCUT2D eigenvalue weighted by molar-refractivity contribution is -0.124. The molecule has 2 atom stereocenters. The normalized spacial score (nSPS) is 20.0. The zero-order valence-electron chi connectivity index (χ0n) is 14.8. The van der Waals surface area contributed by atoms with E-state index in [1.54, 1.807) is 0 Å². The molecule has 2 rings (SSSR count). The van der Waals surface area contributed by atoms with Crippen LogP contribution in [0.1, 0.15) is 75.3 Å². The van der Waals surface area contributed by atoms with Crippen molar-refractivity contribution >= 4 is 5.91 Å². The standard InChI is InChI=1S/C18H30N2O3/c1-12(17-13(2)20-23-14(17)3)10-16(22)19-18(4,11-21)15-8-6-5-7-9-15/h12,15,21H,5-11H2,1-4H3,(H,19,22)/t12-,18+/m1/s1. The zero-order chi connectivity index (χ0) is 17.0. The van der Waals surface area contributed by atoms with Crippen molar-refractivity contribution in [1.29, 1.82) is 0 Å². The maximum atomic E-state index is 12.5. The Morgan fingerprint density at radius 1 is 1.39 bits per heavy atom. The lowest BCUT2D eigenvalue weighted by Gasteiger charge is -2.39. The Hall–Kier alpha value is -1.36. The predicted molar refractivity (Wildman–Crippen MR) is 89.2 cm³/mol. The molecule has 5 nitrogen and oxygen atoms in total. The number of nitrogens with one attached hydrogen (secondary N) is 1. The molecule has 0 saturated heterocycles. The van der Waals surface area contributed by atoms with Crippen LogP contribution in [0.25, 0.3) is 0 Å². The van der Waals surface area contributed by atoms with Crippen molar-refractivity contribution in [3.63, 3.8) is 0 Å². The van der Waals surface area contributed by atoms with Crippen LogP contribution >= 0.6 is 0 Å². The van der Waals surface area contributed by atoms with Crippen molar-refractivity contribution in [1.82, 2.24) is 10.5 Å². The highest BCUT2D eigenvalue weighted by atomic mass is 16.5. The molecular formula is C18H30N2O3. The van der Waals surface area contributed by atoms with Gasteiger partial charge in [0.2, 0.25) is 5.91 Å². The summed E-state index contributed by atoms with van der Waals surface area (Å²) < 4.78 is 5.19. The van der Waals surface area contributed by atoms with Gasteiger partial charge >= 0.3 is 0 Å². The molecule has 1 amide bonds. The number of aromatic nitrogens is 1. The summed E-state index contributed by atoms with van der Waals surface area (Å²) in [5.74, 6) is 1.18. The summed E-state index contributed by atoms with van der Waals surface area (Å²) >= 11 is 0. The lowest BCUT2D eigenvalue weighted by atomic mass is 9.76. The van der Waals surface area contributed by atoms with Gasteiger partial charge in [-0.05, 0) is 45.4 Å². The molecule has 0 aromatic carbocycles. The van der Waals surface area contributed by atoms with E-state index in [2.05, 4.69) is 10.5 Å². The Bertz CT molecular complexity index is 515. The minimum atomic E-state index is -0.518. The Balaban J connectivity index is 1.99. The van der Waals surface area contributed by atoms with Crippen LogP contribution in [-0.4, -0.2) is 28.3 Å². The number of carbonyl (C=O) groups excluding carboxylic acids is 1. The molecule has 0 aliphatic heterocycles. The van der Waals surface area contributed by atoms with E-state index in [4.69, 9.17) is 4.52 Å². The van der Waals surface area contributed by atoms with Crippen molar-refractivity contribution in [2.24, 2.45) is 5.92 Å². The summed E-state index contributed by atoms with van der Waals surface area (Å²) in [6.45, 7) is 7.76. The molecule has 1 fully saturated rings. The third-order valence-corrected chi connectivity index (χ3v) is 5.33. The number of carbonyl (C=O) groups is 1. The smallest absolute Gasteiger partial charge is 0.221 e. The molecule has 23 heavy (non-hydrogen) atoms. The van der Waals surface area contributed by atoms with Gasteiger partial charge in [0.05, 0.1) is 17.8 Å². The topological polar surface area (TPSA) is 75.4 Å². The highest BCUT2D eigenvalue weighted by Crippen LogP contribution is 2.33. The molecule has 1 saturated carbocycles. The first-order chi connectivity index (χ1) is 10.9. The van der Waals surface area contributed by atoms with Gasteiger partial charge in [0.15, 0.2) is 0 Å². The van der Waals surface area contributed by atoms with Crippen molar-refractivity contribution in [3.8, 4) is 0 Å². The van der Waals surface area contributed by atoms with E-state index in [1.807, 2.05) is 27.7 Å². The van der Waals surface area contributed by atoms with Gasteiger partial charge in [-0.2, -0.15) is 0 Å². The summed E-state index contributed by atoms with van der Waals surface area (Å²) in [5, 5.41) is 16.9. The molecule has 1 heterocycles. The predicted octanol–water partition coefficient (Wildman–Crippen LogP) is 3.23. The van der Waals surface area contributed by atoms with Gasteiger partial charge in [0, 0.05) is 12.0 Å². The molecule has 0 radical (unpaired) electrons. The van der Waals surface area contributed by atoms with E-state index in [-0.39, 0.29) is 18.4 Å². The van der Waals surface area contributed by atoms with E-state index >= 15 is 0 Å². The molecule has 0 unspecified atom stereocenters. The number of hydrogen-bond donors (Lipinski definition) is 2. The van der Waals surface area contributed by atoms with Gasteiger partial charge in [0.1, 0.15) is 5.76 Å². The van der Waals surface area contributed by atoms with E-state index < -0.39 is 5.54 Å². The Morgan fingerprint density at radius 3 is 2.57 bits per heavy atom. The average Bonchev–Trinajstić information content (AvgIpc) is 2.86. The van der Waals surface area contributed by atoms with Gasteiger partial charge in [0.25, 0.3) is 0 Å². The lowest BCUT2D eigenvalue weighted by Crippen LogP contribution is -2.54. The summed E-state index contributed by atoms with van der Waals surface area (Å²) in [6.07, 6.45) is 6.17. The zero-order valence-corrected chi connectivity index (χ0v) is 14.8. The summed E-state index contributed by atoms with van der Waals surface area (Å²) in [4.78, 5) is 12.5. The molecule has 2 N–H and O–H groups in total. The number of amides is 1. The van der Waals surface area contributed by atoms with Gasteiger partial charge in [-0.1, -0.05) is 31.3 Å². The molecule has 130 valence electrons. The van der Waals surface area contributed by atoms with Crippen molar-refractivity contribution in [2.75, 3.05) is 6.61 Å². The number of aliphatic hydroxyl groups is 1. The first-order valence-corrected chi connectivity index (χ1v) is 8.72. The molecular weight excluding hydrogens is 292 g/mol. The Morgan fingerprint density at radius 2 is 2.04 bits per heavy atom. The van der Waals surface area contributed by atoms with Crippen molar-refractivity contribution in [2.45, 2.75) is 77.7 Å². The summed E-state index contributed by atoms with van der Waals surface area (Å²) in [6, 6.07) is 0. The Kier molecular flexibility index (Phi) is 5.84. The van der Waals surface area contributed by atoms with Crippen LogP contribution in [0.5, 0.6) is 0 Å². The Labute approximate surface area is 138 Å². The fraction of sp³-hybridized carbons (Fsp3) is 0.778. The number of hydrogen-bond acceptors (Lipinski definition) is 4. The van der Waals surface area contributed by atoms with Crippen LogP contribution in [0.15, 0.2) is 4.52 Å². The van der Waals surface area contributed by atoms with Crippen LogP contribution in [0.4, 0.5) is 0 Å². The first kappa shape index (κ1) is 18.0. The SMILES string of the molecule is Cc1noc(C)c1[C@H](C)CC(=O)N[C@@](C)(CO)C1CCCCC1. The van der Waals surface area contributed by atoms with Gasteiger partial charge in [-0.25, -0.2) is 0 Å². The number of rotatable bonds is 6. The van der Waals surface area contributed by atoms with E-state index in [0.29, 0.717) is 12.3 Å².